The summed E-state index contributed by atoms with van der Waals surface area (Å²) in [5, 5.41) is 13.0. The summed E-state index contributed by atoms with van der Waals surface area (Å²) in [5.74, 6) is 0.669. The first-order valence-electron chi connectivity index (χ1n) is 5.49. The fraction of sp³-hybridized carbons (Fsp3) is 0.0833. The molecule has 19 heavy (non-hydrogen) atoms. The maximum Gasteiger partial charge on any atom is 0.212 e. The number of nitrogens with zero attached hydrogens (tertiary/aromatic N) is 3. The number of hydrogen-bond donors (Lipinski definition) is 2. The van der Waals surface area contributed by atoms with Crippen LogP contribution in [0.15, 0.2) is 36.7 Å². The molecule has 0 unspecified atom stereocenters. The van der Waals surface area contributed by atoms with E-state index >= 15 is 0 Å². The molecule has 0 radical (unpaired) electrons. The molecule has 1 aromatic carbocycles. The molecule has 0 bridgehead atoms. The van der Waals surface area contributed by atoms with E-state index in [1.54, 1.807) is 12.4 Å². The molecule has 2 heterocycles. The van der Waals surface area contributed by atoms with E-state index in [1.807, 2.05) is 18.2 Å². The lowest BCUT2D eigenvalue weighted by molar-refractivity contribution is 1.09. The molecule has 98 valence electrons. The van der Waals surface area contributed by atoms with Crippen LogP contribution in [-0.4, -0.2) is 20.2 Å². The molecule has 3 rings (SSSR count). The lowest BCUT2D eigenvalue weighted by Gasteiger charge is -1.99. The molecule has 5 nitrogen and oxygen atoms in total. The minimum atomic E-state index is 0. The number of H-pyrrole nitrogens is 1. The van der Waals surface area contributed by atoms with Gasteiger partial charge in [-0.25, -0.2) is 4.98 Å². The standard InChI is InChI=1S/C12H11N5S.ClH/c1-8-4-2-3-5-9(8)10-16-17-12(18-10)15-11-13-6-7-14-11;/h2-7H,1H3,(H2,13,14,15,17);1H. The van der Waals surface area contributed by atoms with Crippen LogP contribution in [0.5, 0.6) is 0 Å². The predicted octanol–water partition coefficient (Wildman–Crippen LogP) is 3.40. The molecule has 3 aromatic rings. The van der Waals surface area contributed by atoms with Crippen LogP contribution in [0.4, 0.5) is 11.1 Å². The highest BCUT2D eigenvalue weighted by Crippen LogP contribution is 2.29. The Morgan fingerprint density at radius 1 is 1.21 bits per heavy atom. The Morgan fingerprint density at radius 2 is 2.05 bits per heavy atom. The smallest absolute Gasteiger partial charge is 0.212 e. The van der Waals surface area contributed by atoms with E-state index in [0.717, 1.165) is 15.7 Å². The zero-order valence-electron chi connectivity index (χ0n) is 10.1. The average Bonchev–Trinajstić information content (AvgIpc) is 3.02. The van der Waals surface area contributed by atoms with E-state index in [-0.39, 0.29) is 12.4 Å². The molecule has 0 aliphatic carbocycles. The zero-order valence-corrected chi connectivity index (χ0v) is 11.8. The van der Waals surface area contributed by atoms with Gasteiger partial charge in [-0.15, -0.1) is 22.6 Å². The van der Waals surface area contributed by atoms with E-state index in [1.165, 1.54) is 16.9 Å². The fourth-order valence-corrected chi connectivity index (χ4v) is 2.46. The lowest BCUT2D eigenvalue weighted by atomic mass is 10.1. The van der Waals surface area contributed by atoms with Crippen molar-refractivity contribution in [3.8, 4) is 10.6 Å². The number of benzene rings is 1. The van der Waals surface area contributed by atoms with Gasteiger partial charge >= 0.3 is 0 Å². The molecule has 0 spiro atoms. The van der Waals surface area contributed by atoms with Gasteiger partial charge in [-0.1, -0.05) is 35.6 Å². The number of aryl methyl sites for hydroxylation is 1. The van der Waals surface area contributed by atoms with Crippen LogP contribution in [0.3, 0.4) is 0 Å². The minimum absolute atomic E-state index is 0. The highest BCUT2D eigenvalue weighted by molar-refractivity contribution is 7.18. The Balaban J connectivity index is 0.00000133. The Labute approximate surface area is 120 Å². The van der Waals surface area contributed by atoms with E-state index < -0.39 is 0 Å². The Bertz CT molecular complexity index is 650. The molecule has 0 atom stereocenters. The molecule has 0 fully saturated rings. The monoisotopic (exact) mass is 293 g/mol. The normalized spacial score (nSPS) is 9.95. The summed E-state index contributed by atoms with van der Waals surface area (Å²) >= 11 is 1.51. The molecule has 2 aromatic heterocycles. The first-order valence-corrected chi connectivity index (χ1v) is 6.30. The zero-order chi connectivity index (χ0) is 12.4. The number of aromatic amines is 1. The van der Waals surface area contributed by atoms with Gasteiger partial charge in [-0.05, 0) is 12.5 Å². The Kier molecular flexibility index (Phi) is 4.13. The third-order valence-electron chi connectivity index (χ3n) is 2.52. The van der Waals surface area contributed by atoms with Crippen molar-refractivity contribution < 1.29 is 0 Å². The molecule has 0 aliphatic heterocycles. The predicted molar refractivity (Wildman–Crippen MR) is 79.2 cm³/mol. The van der Waals surface area contributed by atoms with Crippen LogP contribution < -0.4 is 5.32 Å². The number of halogens is 1. The fourth-order valence-electron chi connectivity index (χ4n) is 1.63. The first-order chi connectivity index (χ1) is 8.83. The summed E-state index contributed by atoms with van der Waals surface area (Å²) in [6, 6.07) is 8.13. The van der Waals surface area contributed by atoms with Gasteiger partial charge in [0.1, 0.15) is 5.01 Å². The summed E-state index contributed by atoms with van der Waals surface area (Å²) < 4.78 is 0. The van der Waals surface area contributed by atoms with Crippen molar-refractivity contribution >= 4 is 34.8 Å². The quantitative estimate of drug-likeness (QED) is 0.777. The highest BCUT2D eigenvalue weighted by Gasteiger charge is 2.09. The van der Waals surface area contributed by atoms with Gasteiger partial charge in [0.15, 0.2) is 0 Å². The molecule has 0 saturated carbocycles. The second kappa shape index (κ2) is 5.81. The number of imidazole rings is 1. The largest absolute Gasteiger partial charge is 0.331 e. The van der Waals surface area contributed by atoms with E-state index in [2.05, 4.69) is 38.5 Å². The average molecular weight is 294 g/mol. The summed E-state index contributed by atoms with van der Waals surface area (Å²) in [7, 11) is 0. The summed E-state index contributed by atoms with van der Waals surface area (Å²) in [6.45, 7) is 2.07. The number of rotatable bonds is 3. The first kappa shape index (κ1) is 13.5. The topological polar surface area (TPSA) is 66.5 Å². The van der Waals surface area contributed by atoms with E-state index in [4.69, 9.17) is 0 Å². The van der Waals surface area contributed by atoms with Crippen molar-refractivity contribution in [2.24, 2.45) is 0 Å². The highest BCUT2D eigenvalue weighted by atomic mass is 35.5. The van der Waals surface area contributed by atoms with Crippen molar-refractivity contribution in [2.75, 3.05) is 5.32 Å². The Hall–Kier alpha value is -1.92. The van der Waals surface area contributed by atoms with Crippen molar-refractivity contribution in [1.82, 2.24) is 20.2 Å². The second-order valence-corrected chi connectivity index (χ2v) is 4.77. The number of hydrogen-bond acceptors (Lipinski definition) is 5. The summed E-state index contributed by atoms with van der Waals surface area (Å²) in [6.07, 6.45) is 3.44. The van der Waals surface area contributed by atoms with Gasteiger partial charge in [0, 0.05) is 18.0 Å². The maximum atomic E-state index is 4.19. The van der Waals surface area contributed by atoms with Crippen molar-refractivity contribution in [3.05, 3.63) is 42.2 Å². The van der Waals surface area contributed by atoms with Crippen LogP contribution >= 0.6 is 23.7 Å². The van der Waals surface area contributed by atoms with Gasteiger partial charge in [-0.2, -0.15) is 0 Å². The molecule has 7 heteroatoms. The van der Waals surface area contributed by atoms with Crippen molar-refractivity contribution in [3.63, 3.8) is 0 Å². The van der Waals surface area contributed by atoms with Gasteiger partial charge in [-0.3, -0.25) is 0 Å². The third-order valence-corrected chi connectivity index (χ3v) is 3.40. The van der Waals surface area contributed by atoms with E-state index in [9.17, 15) is 0 Å². The van der Waals surface area contributed by atoms with Gasteiger partial charge in [0.25, 0.3) is 0 Å². The number of aromatic nitrogens is 4. The Morgan fingerprint density at radius 3 is 2.79 bits per heavy atom. The lowest BCUT2D eigenvalue weighted by Crippen LogP contribution is -1.90. The molecular formula is C12H12ClN5S. The van der Waals surface area contributed by atoms with Crippen LogP contribution in [0, 0.1) is 6.92 Å². The van der Waals surface area contributed by atoms with Crippen LogP contribution in [-0.2, 0) is 0 Å². The molecule has 0 saturated heterocycles. The third kappa shape index (κ3) is 2.91. The second-order valence-electron chi connectivity index (χ2n) is 3.79. The number of anilines is 2. The molecule has 2 N–H and O–H groups in total. The maximum absolute atomic E-state index is 4.19. The number of nitrogens with one attached hydrogen (secondary N) is 2. The van der Waals surface area contributed by atoms with Gasteiger partial charge in [0.2, 0.25) is 11.1 Å². The molecule has 0 aliphatic rings. The molecular weight excluding hydrogens is 282 g/mol. The van der Waals surface area contributed by atoms with Crippen LogP contribution in [0.1, 0.15) is 5.56 Å². The van der Waals surface area contributed by atoms with Crippen LogP contribution in [0.25, 0.3) is 10.6 Å². The summed E-state index contributed by atoms with van der Waals surface area (Å²) in [5.41, 5.74) is 2.31. The van der Waals surface area contributed by atoms with Crippen molar-refractivity contribution in [1.29, 1.82) is 0 Å². The van der Waals surface area contributed by atoms with Crippen LogP contribution in [0.2, 0.25) is 0 Å². The minimum Gasteiger partial charge on any atom is -0.331 e. The SMILES string of the molecule is Cc1ccccc1-c1nnc(Nc2ncc[nH]2)s1.Cl. The van der Waals surface area contributed by atoms with Gasteiger partial charge in [0.05, 0.1) is 0 Å². The van der Waals surface area contributed by atoms with Crippen molar-refractivity contribution in [2.45, 2.75) is 6.92 Å². The summed E-state index contributed by atoms with van der Waals surface area (Å²) in [4.78, 5) is 7.05. The van der Waals surface area contributed by atoms with Gasteiger partial charge < -0.3 is 10.3 Å². The molecule has 0 amide bonds. The van der Waals surface area contributed by atoms with E-state index in [0.29, 0.717) is 5.95 Å².